The Kier molecular flexibility index (Phi) is 17.4. The molecule has 0 rings (SSSR count). The molecule has 1 amide bonds. The summed E-state index contributed by atoms with van der Waals surface area (Å²) in [7, 11) is 0. The van der Waals surface area contributed by atoms with Crippen molar-refractivity contribution in [3.8, 4) is 0 Å². The van der Waals surface area contributed by atoms with Crippen LogP contribution < -0.4 is 5.32 Å². The van der Waals surface area contributed by atoms with Crippen LogP contribution in [0.2, 0.25) is 0 Å². The first kappa shape index (κ1) is 22.9. The highest BCUT2D eigenvalue weighted by atomic mass is 16.3. The van der Waals surface area contributed by atoms with E-state index < -0.39 is 0 Å². The van der Waals surface area contributed by atoms with E-state index >= 15 is 0 Å². The topological polar surface area (TPSA) is 52.6 Å². The summed E-state index contributed by atoms with van der Waals surface area (Å²) in [6, 6.07) is 0. The van der Waals surface area contributed by atoms with Crippen LogP contribution >= 0.6 is 0 Å². The summed E-state index contributed by atoms with van der Waals surface area (Å²) in [6.45, 7) is 7.31. The molecular weight excluding hydrogens is 300 g/mol. The molecule has 0 aliphatic carbocycles. The van der Waals surface area contributed by atoms with Crippen molar-refractivity contribution >= 4 is 5.91 Å². The molecule has 0 unspecified atom stereocenters. The number of unbranched alkanes of at least 4 members (excludes halogenated alkanes) is 5. The lowest BCUT2D eigenvalue weighted by Crippen LogP contribution is -2.36. The fourth-order valence-corrected chi connectivity index (χ4v) is 2.45. The normalized spacial score (nSPS) is 11.8. The van der Waals surface area contributed by atoms with Gasteiger partial charge in [0.2, 0.25) is 5.91 Å². The molecule has 0 fully saturated rings. The van der Waals surface area contributed by atoms with Gasteiger partial charge < -0.3 is 10.4 Å². The molecule has 0 atom stereocenters. The molecule has 4 heteroatoms. The third kappa shape index (κ3) is 15.8. The molecule has 4 nitrogen and oxygen atoms in total. The maximum Gasteiger partial charge on any atom is 0.220 e. The highest BCUT2D eigenvalue weighted by Crippen LogP contribution is 2.01. The van der Waals surface area contributed by atoms with Crippen molar-refractivity contribution < 1.29 is 9.90 Å². The molecule has 0 radical (unpaired) electrons. The maximum atomic E-state index is 11.8. The van der Waals surface area contributed by atoms with E-state index in [0.29, 0.717) is 19.5 Å². The van der Waals surface area contributed by atoms with Crippen LogP contribution in [0.4, 0.5) is 0 Å². The maximum absolute atomic E-state index is 11.8. The van der Waals surface area contributed by atoms with Crippen LogP contribution in [0.5, 0.6) is 0 Å². The Morgan fingerprint density at radius 1 is 1.04 bits per heavy atom. The van der Waals surface area contributed by atoms with Gasteiger partial charge in [-0.05, 0) is 39.0 Å². The van der Waals surface area contributed by atoms with Crippen molar-refractivity contribution in [3.05, 3.63) is 24.3 Å². The molecule has 0 heterocycles. The van der Waals surface area contributed by atoms with Crippen LogP contribution in [0.1, 0.15) is 65.2 Å². The van der Waals surface area contributed by atoms with Crippen molar-refractivity contribution in [1.29, 1.82) is 0 Å². The Bertz CT molecular complexity index is 341. The number of hydrogen-bond donors (Lipinski definition) is 2. The number of nitrogens with zero attached hydrogens (tertiary/aromatic N) is 1. The molecule has 0 aliphatic heterocycles. The summed E-state index contributed by atoms with van der Waals surface area (Å²) in [6.07, 6.45) is 17.2. The van der Waals surface area contributed by atoms with E-state index in [1.165, 1.54) is 19.3 Å². The van der Waals surface area contributed by atoms with E-state index in [1.54, 1.807) is 0 Å². The molecule has 2 N–H and O–H groups in total. The Hall–Kier alpha value is -1.13. The van der Waals surface area contributed by atoms with Crippen molar-refractivity contribution in [2.24, 2.45) is 0 Å². The zero-order valence-corrected chi connectivity index (χ0v) is 15.8. The number of allylic oxidation sites excluding steroid dienone is 3. The minimum atomic E-state index is 0.134. The van der Waals surface area contributed by atoms with Gasteiger partial charge in [0.1, 0.15) is 0 Å². The number of aliphatic hydroxyl groups is 1. The van der Waals surface area contributed by atoms with E-state index in [-0.39, 0.29) is 12.5 Å². The van der Waals surface area contributed by atoms with Crippen molar-refractivity contribution in [2.45, 2.75) is 65.2 Å². The fraction of sp³-hybridized carbons (Fsp3) is 0.750. The predicted molar refractivity (Wildman–Crippen MR) is 103 cm³/mol. The standard InChI is InChI=1S/C20H38N2O2/c1-3-5-7-9-11-13-16-22(18-19-23)17-15-21-20(24)14-12-10-8-6-4-2/h4,6,11,13,23H,3,5,7-10,12,14-19H2,1-2H3,(H,21,24)/b6-4+,13-11+. The summed E-state index contributed by atoms with van der Waals surface area (Å²) in [5.41, 5.74) is 0. The largest absolute Gasteiger partial charge is 0.395 e. The first-order valence-corrected chi connectivity index (χ1v) is 9.60. The molecule has 0 aromatic rings. The summed E-state index contributed by atoms with van der Waals surface area (Å²) >= 11 is 0. The van der Waals surface area contributed by atoms with Gasteiger partial charge >= 0.3 is 0 Å². The molecule has 0 saturated carbocycles. The second kappa shape index (κ2) is 18.2. The minimum Gasteiger partial charge on any atom is -0.395 e. The average molecular weight is 339 g/mol. The minimum absolute atomic E-state index is 0.134. The Labute approximate surface area is 149 Å². The summed E-state index contributed by atoms with van der Waals surface area (Å²) in [4.78, 5) is 13.9. The third-order valence-electron chi connectivity index (χ3n) is 3.93. The quantitative estimate of drug-likeness (QED) is 0.333. The zero-order chi connectivity index (χ0) is 17.9. The highest BCUT2D eigenvalue weighted by Gasteiger charge is 2.04. The smallest absolute Gasteiger partial charge is 0.220 e. The summed E-state index contributed by atoms with van der Waals surface area (Å²) in [5, 5.41) is 12.1. The van der Waals surface area contributed by atoms with Gasteiger partial charge in [-0.2, -0.15) is 0 Å². The van der Waals surface area contributed by atoms with Crippen molar-refractivity contribution in [1.82, 2.24) is 10.2 Å². The Morgan fingerprint density at radius 2 is 1.79 bits per heavy atom. The number of aliphatic hydroxyl groups excluding tert-OH is 1. The summed E-state index contributed by atoms with van der Waals surface area (Å²) < 4.78 is 0. The lowest BCUT2D eigenvalue weighted by atomic mass is 10.2. The molecule has 0 spiro atoms. The second-order valence-electron chi connectivity index (χ2n) is 6.16. The van der Waals surface area contributed by atoms with Crippen LogP contribution in [0.15, 0.2) is 24.3 Å². The van der Waals surface area contributed by atoms with Gasteiger partial charge in [-0.25, -0.2) is 0 Å². The molecule has 0 bridgehead atoms. The van der Waals surface area contributed by atoms with Crippen LogP contribution in [0.3, 0.4) is 0 Å². The summed E-state index contributed by atoms with van der Waals surface area (Å²) in [5.74, 6) is 0.134. The molecule has 24 heavy (non-hydrogen) atoms. The van der Waals surface area contributed by atoms with Crippen LogP contribution in [-0.2, 0) is 4.79 Å². The number of carbonyl (C=O) groups excluding carboxylic acids is 1. The van der Waals surface area contributed by atoms with E-state index in [4.69, 9.17) is 5.11 Å². The van der Waals surface area contributed by atoms with E-state index in [9.17, 15) is 4.79 Å². The average Bonchev–Trinajstić information content (AvgIpc) is 2.57. The van der Waals surface area contributed by atoms with Gasteiger partial charge in [0.25, 0.3) is 0 Å². The molecule has 0 aromatic carbocycles. The van der Waals surface area contributed by atoms with E-state index in [1.807, 2.05) is 13.0 Å². The van der Waals surface area contributed by atoms with Crippen LogP contribution in [0.25, 0.3) is 0 Å². The van der Waals surface area contributed by atoms with Gasteiger partial charge in [-0.3, -0.25) is 9.69 Å². The van der Waals surface area contributed by atoms with Gasteiger partial charge in [0.15, 0.2) is 0 Å². The van der Waals surface area contributed by atoms with Crippen LogP contribution in [0, 0.1) is 0 Å². The Balaban J connectivity index is 3.77. The number of amides is 1. The van der Waals surface area contributed by atoms with Gasteiger partial charge in [-0.15, -0.1) is 0 Å². The third-order valence-corrected chi connectivity index (χ3v) is 3.93. The molecular formula is C20H38N2O2. The Morgan fingerprint density at radius 3 is 2.50 bits per heavy atom. The first-order valence-electron chi connectivity index (χ1n) is 9.60. The number of carbonyl (C=O) groups is 1. The van der Waals surface area contributed by atoms with Gasteiger partial charge in [0, 0.05) is 32.6 Å². The van der Waals surface area contributed by atoms with Gasteiger partial charge in [-0.1, -0.05) is 44.1 Å². The zero-order valence-electron chi connectivity index (χ0n) is 15.8. The number of nitrogens with one attached hydrogen (secondary N) is 1. The second-order valence-corrected chi connectivity index (χ2v) is 6.16. The lowest BCUT2D eigenvalue weighted by Gasteiger charge is -2.19. The van der Waals surface area contributed by atoms with E-state index in [2.05, 4.69) is 35.4 Å². The van der Waals surface area contributed by atoms with Crippen molar-refractivity contribution in [3.63, 3.8) is 0 Å². The monoisotopic (exact) mass is 338 g/mol. The molecule has 0 saturated heterocycles. The van der Waals surface area contributed by atoms with E-state index in [0.717, 1.165) is 38.8 Å². The van der Waals surface area contributed by atoms with Crippen molar-refractivity contribution in [2.75, 3.05) is 32.8 Å². The molecule has 0 aromatic heterocycles. The number of rotatable bonds is 16. The molecule has 0 aliphatic rings. The lowest BCUT2D eigenvalue weighted by molar-refractivity contribution is -0.121. The first-order chi connectivity index (χ1) is 11.7. The van der Waals surface area contributed by atoms with Gasteiger partial charge in [0.05, 0.1) is 6.61 Å². The van der Waals surface area contributed by atoms with Crippen LogP contribution in [-0.4, -0.2) is 48.7 Å². The predicted octanol–water partition coefficient (Wildman–Crippen LogP) is 3.67. The molecule has 140 valence electrons. The fourth-order valence-electron chi connectivity index (χ4n) is 2.45. The SMILES string of the molecule is C/C=C/CCCCC(=O)NCCN(C/C=C/CCCCC)CCO. The highest BCUT2D eigenvalue weighted by molar-refractivity contribution is 5.75. The number of hydrogen-bond acceptors (Lipinski definition) is 3.